The van der Waals surface area contributed by atoms with Crippen LogP contribution < -0.4 is 15.7 Å². The highest BCUT2D eigenvalue weighted by molar-refractivity contribution is 6.32. The number of rotatable bonds is 7. The van der Waals surface area contributed by atoms with Crippen LogP contribution in [0, 0.1) is 0 Å². The molecular weight excluding hydrogens is 430 g/mol. The number of hydrogen-bond donors (Lipinski definition) is 3. The van der Waals surface area contributed by atoms with E-state index < -0.39 is 0 Å². The number of benzene rings is 2. The standard InChI is InChI=1S/C23H24ClN5O3/c1-2-32-20-11-16(10-18(24)21(20)30)12-25-28-23-26-19-8-9-29(14-17(19)22(31)27-23)13-15-6-4-3-5-7-15/h3-7,10-12,30H,2,8-9,13-14H2,1H3,(H2,26,27,28,31)/b25-12-. The van der Waals surface area contributed by atoms with E-state index in [9.17, 15) is 9.90 Å². The van der Waals surface area contributed by atoms with Gasteiger partial charge in [0.2, 0.25) is 5.95 Å². The molecule has 0 radical (unpaired) electrons. The molecule has 0 unspecified atom stereocenters. The first kappa shape index (κ1) is 21.9. The van der Waals surface area contributed by atoms with Gasteiger partial charge in [-0.25, -0.2) is 10.4 Å². The van der Waals surface area contributed by atoms with E-state index in [4.69, 9.17) is 16.3 Å². The van der Waals surface area contributed by atoms with Gasteiger partial charge in [0.1, 0.15) is 0 Å². The average Bonchev–Trinajstić information content (AvgIpc) is 2.78. The average molecular weight is 454 g/mol. The highest BCUT2D eigenvalue weighted by Gasteiger charge is 2.21. The summed E-state index contributed by atoms with van der Waals surface area (Å²) in [5.41, 5.74) is 5.90. The van der Waals surface area contributed by atoms with Crippen molar-refractivity contribution < 1.29 is 9.84 Å². The highest BCUT2D eigenvalue weighted by Crippen LogP contribution is 2.34. The first-order valence-corrected chi connectivity index (χ1v) is 10.7. The van der Waals surface area contributed by atoms with Crippen molar-refractivity contribution in [3.8, 4) is 11.5 Å². The van der Waals surface area contributed by atoms with Gasteiger partial charge in [-0.15, -0.1) is 0 Å². The molecule has 0 atom stereocenters. The smallest absolute Gasteiger partial charge is 0.257 e. The molecule has 8 nitrogen and oxygen atoms in total. The summed E-state index contributed by atoms with van der Waals surface area (Å²) in [4.78, 5) is 22.2. The van der Waals surface area contributed by atoms with Gasteiger partial charge in [0.25, 0.3) is 5.56 Å². The van der Waals surface area contributed by atoms with Crippen LogP contribution in [0.15, 0.2) is 52.4 Å². The Morgan fingerprint density at radius 2 is 2.16 bits per heavy atom. The summed E-state index contributed by atoms with van der Waals surface area (Å²) >= 11 is 6.04. The van der Waals surface area contributed by atoms with Gasteiger partial charge in [-0.1, -0.05) is 41.9 Å². The molecule has 0 bridgehead atoms. The van der Waals surface area contributed by atoms with Gasteiger partial charge >= 0.3 is 0 Å². The van der Waals surface area contributed by atoms with Crippen molar-refractivity contribution in [3.63, 3.8) is 0 Å². The molecule has 0 amide bonds. The lowest BCUT2D eigenvalue weighted by molar-refractivity contribution is 0.242. The summed E-state index contributed by atoms with van der Waals surface area (Å²) in [7, 11) is 0. The number of fused-ring (bicyclic) bond motifs is 1. The van der Waals surface area contributed by atoms with E-state index in [2.05, 4.69) is 37.5 Å². The number of phenolic OH excluding ortho intramolecular Hbond substituents is 1. The van der Waals surface area contributed by atoms with E-state index >= 15 is 0 Å². The lowest BCUT2D eigenvalue weighted by Gasteiger charge is -2.27. The van der Waals surface area contributed by atoms with Gasteiger partial charge in [-0.3, -0.25) is 14.7 Å². The van der Waals surface area contributed by atoms with Crippen LogP contribution in [0.1, 0.15) is 29.3 Å². The predicted octanol–water partition coefficient (Wildman–Crippen LogP) is 3.53. The monoisotopic (exact) mass is 453 g/mol. The van der Waals surface area contributed by atoms with Crippen molar-refractivity contribution in [1.82, 2.24) is 14.9 Å². The number of anilines is 1. The number of nitrogens with one attached hydrogen (secondary N) is 2. The molecule has 32 heavy (non-hydrogen) atoms. The van der Waals surface area contributed by atoms with Gasteiger partial charge in [0.05, 0.1) is 29.1 Å². The molecule has 0 spiro atoms. The molecule has 0 saturated carbocycles. The number of ether oxygens (including phenoxy) is 1. The van der Waals surface area contributed by atoms with Crippen LogP contribution in [-0.2, 0) is 19.5 Å². The van der Waals surface area contributed by atoms with Crippen LogP contribution >= 0.6 is 11.6 Å². The van der Waals surface area contributed by atoms with Crippen LogP contribution in [0.5, 0.6) is 11.5 Å². The normalized spacial score (nSPS) is 13.8. The van der Waals surface area contributed by atoms with Crippen molar-refractivity contribution in [1.29, 1.82) is 0 Å². The van der Waals surface area contributed by atoms with Crippen molar-refractivity contribution in [2.45, 2.75) is 26.4 Å². The zero-order chi connectivity index (χ0) is 22.5. The first-order valence-electron chi connectivity index (χ1n) is 10.4. The Morgan fingerprint density at radius 3 is 2.94 bits per heavy atom. The van der Waals surface area contributed by atoms with Crippen LogP contribution in [0.25, 0.3) is 0 Å². The van der Waals surface area contributed by atoms with Crippen molar-refractivity contribution in [2.24, 2.45) is 5.10 Å². The first-order chi connectivity index (χ1) is 15.5. The van der Waals surface area contributed by atoms with Crippen molar-refractivity contribution >= 4 is 23.8 Å². The molecule has 0 saturated heterocycles. The van der Waals surface area contributed by atoms with Gasteiger partial charge < -0.3 is 9.84 Å². The molecule has 1 aliphatic heterocycles. The summed E-state index contributed by atoms with van der Waals surface area (Å²) in [5.74, 6) is 0.443. The molecule has 1 aromatic heterocycles. The van der Waals surface area contributed by atoms with Crippen molar-refractivity contribution in [2.75, 3.05) is 18.6 Å². The molecule has 1 aliphatic rings. The fourth-order valence-electron chi connectivity index (χ4n) is 3.61. The quantitative estimate of drug-likeness (QED) is 0.373. The van der Waals surface area contributed by atoms with E-state index in [1.807, 2.05) is 25.1 Å². The number of halogens is 1. The molecule has 0 aliphatic carbocycles. The maximum atomic E-state index is 12.6. The third kappa shape index (κ3) is 5.09. The summed E-state index contributed by atoms with van der Waals surface area (Å²) in [5, 5.41) is 14.2. The molecule has 4 rings (SSSR count). The molecule has 166 valence electrons. The number of phenols is 1. The van der Waals surface area contributed by atoms with Gasteiger partial charge in [0.15, 0.2) is 11.5 Å². The maximum absolute atomic E-state index is 12.6. The second kappa shape index (κ2) is 9.84. The molecule has 9 heteroatoms. The molecule has 0 fully saturated rings. The lowest BCUT2D eigenvalue weighted by atomic mass is 10.1. The minimum atomic E-state index is -0.170. The van der Waals surface area contributed by atoms with Crippen molar-refractivity contribution in [3.05, 3.63) is 80.2 Å². The SMILES string of the molecule is CCOc1cc(/C=N\Nc2nc3c(c(=O)[nH]2)CN(Cc2ccccc2)CC3)cc(Cl)c1O. The lowest BCUT2D eigenvalue weighted by Crippen LogP contribution is -2.35. The number of aromatic amines is 1. The van der Waals surface area contributed by atoms with Gasteiger partial charge in [-0.2, -0.15) is 5.10 Å². The van der Waals surface area contributed by atoms with E-state index in [0.717, 1.165) is 18.8 Å². The van der Waals surface area contributed by atoms with Crippen LogP contribution in [0.3, 0.4) is 0 Å². The van der Waals surface area contributed by atoms with E-state index in [0.29, 0.717) is 30.7 Å². The number of H-pyrrole nitrogens is 1. The summed E-state index contributed by atoms with van der Waals surface area (Å²) in [6, 6.07) is 13.4. The number of hydrogen-bond acceptors (Lipinski definition) is 7. The third-order valence-corrected chi connectivity index (χ3v) is 5.42. The zero-order valence-electron chi connectivity index (χ0n) is 17.6. The zero-order valence-corrected chi connectivity index (χ0v) is 18.4. The van der Waals surface area contributed by atoms with Crippen LogP contribution in [0.4, 0.5) is 5.95 Å². The third-order valence-electron chi connectivity index (χ3n) is 5.13. The Morgan fingerprint density at radius 1 is 1.34 bits per heavy atom. The van der Waals surface area contributed by atoms with E-state index in [1.165, 1.54) is 11.8 Å². The Balaban J connectivity index is 1.45. The highest BCUT2D eigenvalue weighted by atomic mass is 35.5. The molecule has 3 aromatic rings. The molecule has 3 N–H and O–H groups in total. The fourth-order valence-corrected chi connectivity index (χ4v) is 3.83. The summed E-state index contributed by atoms with van der Waals surface area (Å²) < 4.78 is 5.37. The Hall–Kier alpha value is -3.36. The molecular formula is C23H24ClN5O3. The fraction of sp³-hybridized carbons (Fsp3) is 0.261. The van der Waals surface area contributed by atoms with Gasteiger partial charge in [-0.05, 0) is 30.2 Å². The number of aromatic nitrogens is 2. The Kier molecular flexibility index (Phi) is 6.72. The van der Waals surface area contributed by atoms with Crippen LogP contribution in [0.2, 0.25) is 5.02 Å². The summed E-state index contributed by atoms with van der Waals surface area (Å²) in [6.07, 6.45) is 2.20. The number of aromatic hydroxyl groups is 1. The largest absolute Gasteiger partial charge is 0.503 e. The molecule has 2 aromatic carbocycles. The maximum Gasteiger partial charge on any atom is 0.257 e. The number of hydrazone groups is 1. The Labute approximate surface area is 190 Å². The Bertz CT molecular complexity index is 1180. The summed E-state index contributed by atoms with van der Waals surface area (Å²) in [6.45, 7) is 4.39. The topological polar surface area (TPSA) is 103 Å². The second-order valence-electron chi connectivity index (χ2n) is 7.44. The second-order valence-corrected chi connectivity index (χ2v) is 7.85. The van der Waals surface area contributed by atoms with E-state index in [1.54, 1.807) is 12.1 Å². The number of nitrogens with zero attached hydrogens (tertiary/aromatic N) is 3. The minimum Gasteiger partial charge on any atom is -0.503 e. The van der Waals surface area contributed by atoms with E-state index in [-0.39, 0.29) is 28.0 Å². The van der Waals surface area contributed by atoms with Gasteiger partial charge in [0, 0.05) is 26.1 Å². The minimum absolute atomic E-state index is 0.111. The predicted molar refractivity (Wildman–Crippen MR) is 125 cm³/mol. The van der Waals surface area contributed by atoms with Crippen LogP contribution in [-0.4, -0.2) is 39.3 Å². The molecule has 2 heterocycles.